The number of benzene rings is 2. The Morgan fingerprint density at radius 3 is 2.50 bits per heavy atom. The fraction of sp³-hybridized carbons (Fsp3) is 0.158. The number of ketones is 1. The number of fused-ring (bicyclic) bond motifs is 2. The topological polar surface area (TPSA) is 72.8 Å². The Kier molecular flexibility index (Phi) is 3.16. The van der Waals surface area contributed by atoms with Gasteiger partial charge < -0.3 is 4.74 Å². The van der Waals surface area contributed by atoms with Gasteiger partial charge in [-0.15, -0.1) is 0 Å². The van der Waals surface area contributed by atoms with Crippen molar-refractivity contribution in [2.24, 2.45) is 10.9 Å². The van der Waals surface area contributed by atoms with Crippen molar-refractivity contribution in [3.05, 3.63) is 69.7 Å². The molecule has 0 radical (unpaired) electrons. The van der Waals surface area contributed by atoms with Crippen molar-refractivity contribution >= 4 is 23.2 Å². The quantitative estimate of drug-likeness (QED) is 0.605. The van der Waals surface area contributed by atoms with Gasteiger partial charge in [0.1, 0.15) is 0 Å². The molecule has 0 saturated heterocycles. The minimum absolute atomic E-state index is 0.127. The molecular weight excluding hydrogens is 306 g/mol. The molecule has 0 aromatic heterocycles. The van der Waals surface area contributed by atoms with Crippen molar-refractivity contribution in [2.75, 3.05) is 6.61 Å². The molecule has 118 valence electrons. The summed E-state index contributed by atoms with van der Waals surface area (Å²) in [5.41, 5.74) is 2.07. The molecule has 5 heteroatoms. The van der Waals surface area contributed by atoms with Crippen LogP contribution in [-0.4, -0.2) is 24.3 Å². The zero-order valence-corrected chi connectivity index (χ0v) is 12.9. The van der Waals surface area contributed by atoms with Crippen molar-refractivity contribution in [3.63, 3.8) is 0 Å². The zero-order valence-electron chi connectivity index (χ0n) is 12.9. The third-order valence-corrected chi connectivity index (χ3v) is 4.31. The van der Waals surface area contributed by atoms with Gasteiger partial charge in [-0.25, -0.2) is 4.99 Å². The van der Waals surface area contributed by atoms with Crippen molar-refractivity contribution in [1.29, 1.82) is 0 Å². The molecule has 1 heterocycles. The monoisotopic (exact) mass is 319 g/mol. The number of nitrogens with zero attached hydrogens (tertiary/aromatic N) is 1. The Balaban J connectivity index is 2.15. The number of carbonyl (C=O) groups excluding carboxylic acids is 3. The van der Waals surface area contributed by atoms with E-state index in [1.165, 1.54) is 0 Å². The van der Waals surface area contributed by atoms with Gasteiger partial charge >= 0.3 is 5.97 Å². The van der Waals surface area contributed by atoms with Crippen LogP contribution < -0.4 is 10.6 Å². The first-order chi connectivity index (χ1) is 11.6. The van der Waals surface area contributed by atoms with Crippen LogP contribution in [0.4, 0.5) is 0 Å². The Morgan fingerprint density at radius 1 is 1.04 bits per heavy atom. The van der Waals surface area contributed by atoms with Crippen LogP contribution in [0.15, 0.2) is 47.5 Å². The van der Waals surface area contributed by atoms with Gasteiger partial charge in [-0.2, -0.15) is 0 Å². The molecule has 0 N–H and O–H groups in total. The first-order valence-electron chi connectivity index (χ1n) is 7.70. The summed E-state index contributed by atoms with van der Waals surface area (Å²) in [5.74, 6) is -2.45. The van der Waals surface area contributed by atoms with Crippen molar-refractivity contribution < 1.29 is 19.1 Å². The summed E-state index contributed by atoms with van der Waals surface area (Å²) in [6.45, 7) is 1.86. The summed E-state index contributed by atoms with van der Waals surface area (Å²) in [6, 6.07) is 12.1. The molecule has 1 aliphatic heterocycles. The Bertz CT molecular complexity index is 1040. The van der Waals surface area contributed by atoms with Gasteiger partial charge in [-0.05, 0) is 24.1 Å². The van der Waals surface area contributed by atoms with Crippen LogP contribution in [0.1, 0.15) is 28.4 Å². The second-order valence-corrected chi connectivity index (χ2v) is 5.62. The lowest BCUT2D eigenvalue weighted by molar-refractivity contribution is -0.148. The maximum Gasteiger partial charge on any atom is 0.323 e. The molecule has 2 aromatic carbocycles. The summed E-state index contributed by atoms with van der Waals surface area (Å²) >= 11 is 0. The zero-order chi connectivity index (χ0) is 16.8. The van der Waals surface area contributed by atoms with Crippen LogP contribution in [0.5, 0.6) is 0 Å². The average Bonchev–Trinajstić information content (AvgIpc) is 2.59. The third-order valence-electron chi connectivity index (χ3n) is 4.31. The van der Waals surface area contributed by atoms with Crippen LogP contribution in [0.25, 0.3) is 5.57 Å². The lowest BCUT2D eigenvalue weighted by Crippen LogP contribution is -2.46. The molecule has 0 fully saturated rings. The second kappa shape index (κ2) is 5.23. The van der Waals surface area contributed by atoms with Crippen LogP contribution in [0.2, 0.25) is 0 Å². The van der Waals surface area contributed by atoms with Gasteiger partial charge in [0.25, 0.3) is 5.91 Å². The lowest BCUT2D eigenvalue weighted by atomic mass is 9.78. The van der Waals surface area contributed by atoms with Gasteiger partial charge in [-0.3, -0.25) is 14.4 Å². The Labute approximate surface area is 137 Å². The predicted octanol–water partition coefficient (Wildman–Crippen LogP) is 0.769. The van der Waals surface area contributed by atoms with E-state index >= 15 is 0 Å². The molecular formula is C19H13NO4. The first-order valence-corrected chi connectivity index (χ1v) is 7.70. The molecule has 5 nitrogen and oxygen atoms in total. The van der Waals surface area contributed by atoms with Crippen LogP contribution >= 0.6 is 0 Å². The molecule has 0 spiro atoms. The number of carbonyl (C=O) groups is 3. The third kappa shape index (κ3) is 1.88. The summed E-state index contributed by atoms with van der Waals surface area (Å²) in [6.07, 6.45) is 0. The number of esters is 1. The summed E-state index contributed by atoms with van der Waals surface area (Å²) < 4.78 is 5.08. The van der Waals surface area contributed by atoms with Crippen LogP contribution in [-0.2, 0) is 14.3 Å². The molecule has 0 saturated carbocycles. The van der Waals surface area contributed by atoms with Crippen LogP contribution in [0.3, 0.4) is 0 Å². The average molecular weight is 319 g/mol. The van der Waals surface area contributed by atoms with Gasteiger partial charge in [-0.1, -0.05) is 36.4 Å². The molecule has 0 bridgehead atoms. The summed E-state index contributed by atoms with van der Waals surface area (Å²) in [5, 5.41) is 0.995. The number of hydrogen-bond acceptors (Lipinski definition) is 4. The Morgan fingerprint density at radius 2 is 1.75 bits per heavy atom. The van der Waals surface area contributed by atoms with E-state index in [2.05, 4.69) is 4.99 Å². The molecule has 4 rings (SSSR count). The van der Waals surface area contributed by atoms with E-state index in [9.17, 15) is 14.4 Å². The minimum Gasteiger partial charge on any atom is -0.465 e. The SMILES string of the molecule is CCOC(=O)C1C(=O)N=c2cccc3c2=C1c1ccccc1C3=O. The summed E-state index contributed by atoms with van der Waals surface area (Å²) in [7, 11) is 0. The van der Waals surface area contributed by atoms with E-state index in [-0.39, 0.29) is 12.4 Å². The number of ether oxygens (including phenoxy) is 1. The van der Waals surface area contributed by atoms with Crippen molar-refractivity contribution in [1.82, 2.24) is 0 Å². The van der Waals surface area contributed by atoms with Gasteiger partial charge in [0, 0.05) is 16.3 Å². The van der Waals surface area contributed by atoms with E-state index < -0.39 is 17.8 Å². The molecule has 1 amide bonds. The van der Waals surface area contributed by atoms with Gasteiger partial charge in [0.05, 0.1) is 12.0 Å². The Hall–Kier alpha value is -3.08. The standard InChI is InChI=1S/C19H13NO4/c1-2-24-19(23)16-15-10-6-3-4-7-11(10)17(21)12-8-5-9-13(14(12)15)20-18(16)22/h3-9,16H,2H2,1H3. The molecule has 1 atom stereocenters. The first kappa shape index (κ1) is 14.5. The molecule has 2 aromatic rings. The number of amides is 1. The smallest absolute Gasteiger partial charge is 0.323 e. The normalized spacial score (nSPS) is 17.7. The van der Waals surface area contributed by atoms with Gasteiger partial charge in [0.2, 0.25) is 0 Å². The minimum atomic E-state index is -1.13. The molecule has 24 heavy (non-hydrogen) atoms. The van der Waals surface area contributed by atoms with E-state index in [1.54, 1.807) is 49.4 Å². The number of hydrogen-bond donors (Lipinski definition) is 0. The van der Waals surface area contributed by atoms with Gasteiger partial charge in [0.15, 0.2) is 11.7 Å². The maximum atomic E-state index is 12.8. The van der Waals surface area contributed by atoms with E-state index in [4.69, 9.17) is 4.74 Å². The molecule has 1 aliphatic carbocycles. The highest BCUT2D eigenvalue weighted by Crippen LogP contribution is 2.31. The van der Waals surface area contributed by atoms with E-state index in [0.29, 0.717) is 32.8 Å². The second-order valence-electron chi connectivity index (χ2n) is 5.62. The highest BCUT2D eigenvalue weighted by Gasteiger charge is 2.39. The predicted molar refractivity (Wildman–Crippen MR) is 84.7 cm³/mol. The van der Waals surface area contributed by atoms with Crippen molar-refractivity contribution in [2.45, 2.75) is 6.92 Å². The fourth-order valence-corrected chi connectivity index (χ4v) is 3.35. The molecule has 1 unspecified atom stereocenters. The largest absolute Gasteiger partial charge is 0.465 e. The lowest BCUT2D eigenvalue weighted by Gasteiger charge is -2.25. The van der Waals surface area contributed by atoms with Crippen molar-refractivity contribution in [3.8, 4) is 0 Å². The fourth-order valence-electron chi connectivity index (χ4n) is 3.35. The summed E-state index contributed by atoms with van der Waals surface area (Å²) in [4.78, 5) is 41.7. The van der Waals surface area contributed by atoms with E-state index in [1.807, 2.05) is 0 Å². The maximum absolute atomic E-state index is 12.8. The number of rotatable bonds is 2. The highest BCUT2D eigenvalue weighted by atomic mass is 16.5. The van der Waals surface area contributed by atoms with E-state index in [0.717, 1.165) is 0 Å². The highest BCUT2D eigenvalue weighted by molar-refractivity contribution is 6.19. The molecule has 2 aliphatic rings. The van der Waals surface area contributed by atoms with Crippen LogP contribution in [0, 0.1) is 5.92 Å².